The van der Waals surface area contributed by atoms with Gasteiger partial charge in [0.2, 0.25) is 11.8 Å². The molecule has 2 N–H and O–H groups in total. The van der Waals surface area contributed by atoms with Crippen molar-refractivity contribution in [3.8, 4) is 0 Å². The minimum atomic E-state index is -1.12. The van der Waals surface area contributed by atoms with Crippen LogP contribution in [0.15, 0.2) is 12.2 Å². The van der Waals surface area contributed by atoms with Crippen molar-refractivity contribution in [3.05, 3.63) is 12.2 Å². The molecule has 2 aliphatic rings. The van der Waals surface area contributed by atoms with Crippen LogP contribution >= 0.6 is 0 Å². The number of nitrogens with zero attached hydrogens (tertiary/aromatic N) is 1. The van der Waals surface area contributed by atoms with E-state index in [9.17, 15) is 24.0 Å². The van der Waals surface area contributed by atoms with Crippen LogP contribution in [0.1, 0.15) is 19.8 Å². The standard InChI is InChI=1S/C15H19N3O6/c1-8(14(22)24-7-11(19)17-15(23)16-2)18-12(20)9-5-3-4-6-10(9)13(18)21/h3-4,8-10H,5-7H2,1-2H3,(H2,16,17,19,23)/t8-,9-,10+/m0/s1. The summed E-state index contributed by atoms with van der Waals surface area (Å²) >= 11 is 0. The molecule has 9 nitrogen and oxygen atoms in total. The van der Waals surface area contributed by atoms with E-state index in [0.29, 0.717) is 12.8 Å². The third-order valence-corrected chi connectivity index (χ3v) is 4.10. The van der Waals surface area contributed by atoms with E-state index >= 15 is 0 Å². The second-order valence-electron chi connectivity index (χ2n) is 5.61. The van der Waals surface area contributed by atoms with E-state index in [-0.39, 0.29) is 0 Å². The number of amides is 5. The molecular formula is C15H19N3O6. The van der Waals surface area contributed by atoms with Crippen molar-refractivity contribution in [3.63, 3.8) is 0 Å². The Morgan fingerprint density at radius 3 is 2.25 bits per heavy atom. The summed E-state index contributed by atoms with van der Waals surface area (Å²) in [6.07, 6.45) is 4.65. The van der Waals surface area contributed by atoms with Crippen LogP contribution in [0, 0.1) is 11.8 Å². The average molecular weight is 337 g/mol. The van der Waals surface area contributed by atoms with Crippen molar-refractivity contribution in [1.29, 1.82) is 0 Å². The third kappa shape index (κ3) is 3.44. The molecule has 3 atom stereocenters. The normalized spacial score (nSPS) is 23.5. The molecule has 1 aliphatic heterocycles. The molecule has 0 aromatic carbocycles. The summed E-state index contributed by atoms with van der Waals surface area (Å²) in [5.74, 6) is -3.35. The Morgan fingerprint density at radius 2 is 1.75 bits per heavy atom. The smallest absolute Gasteiger partial charge is 0.329 e. The molecule has 1 heterocycles. The van der Waals surface area contributed by atoms with Gasteiger partial charge in [0, 0.05) is 7.05 Å². The van der Waals surface area contributed by atoms with Gasteiger partial charge >= 0.3 is 12.0 Å². The van der Waals surface area contributed by atoms with Gasteiger partial charge in [-0.25, -0.2) is 9.59 Å². The molecule has 9 heteroatoms. The highest BCUT2D eigenvalue weighted by atomic mass is 16.5. The van der Waals surface area contributed by atoms with Crippen LogP contribution in [0.3, 0.4) is 0 Å². The summed E-state index contributed by atoms with van der Waals surface area (Å²) in [5, 5.41) is 4.11. The largest absolute Gasteiger partial charge is 0.454 e. The lowest BCUT2D eigenvalue weighted by Gasteiger charge is -2.21. The van der Waals surface area contributed by atoms with Crippen molar-refractivity contribution in [1.82, 2.24) is 15.5 Å². The Hall–Kier alpha value is -2.71. The number of nitrogens with one attached hydrogen (secondary N) is 2. The monoisotopic (exact) mass is 337 g/mol. The number of esters is 1. The van der Waals surface area contributed by atoms with Gasteiger partial charge in [-0.1, -0.05) is 12.2 Å². The van der Waals surface area contributed by atoms with Gasteiger partial charge in [-0.2, -0.15) is 0 Å². The number of hydrogen-bond donors (Lipinski definition) is 2. The van der Waals surface area contributed by atoms with E-state index in [0.717, 1.165) is 4.90 Å². The van der Waals surface area contributed by atoms with Crippen molar-refractivity contribution in [2.24, 2.45) is 11.8 Å². The van der Waals surface area contributed by atoms with Crippen LogP contribution in [0.4, 0.5) is 4.79 Å². The summed E-state index contributed by atoms with van der Waals surface area (Å²) in [7, 11) is 1.33. The van der Waals surface area contributed by atoms with E-state index in [1.165, 1.54) is 14.0 Å². The molecule has 1 saturated heterocycles. The molecule has 0 radical (unpaired) electrons. The number of likely N-dealkylation sites (tertiary alicyclic amines) is 1. The molecule has 1 aliphatic carbocycles. The van der Waals surface area contributed by atoms with E-state index in [4.69, 9.17) is 4.74 Å². The lowest BCUT2D eigenvalue weighted by molar-refractivity contribution is -0.159. The van der Waals surface area contributed by atoms with Crippen molar-refractivity contribution in [2.45, 2.75) is 25.8 Å². The van der Waals surface area contributed by atoms with Crippen LogP contribution in [0.2, 0.25) is 0 Å². The number of allylic oxidation sites excluding steroid dienone is 2. The van der Waals surface area contributed by atoms with E-state index in [2.05, 4.69) is 5.32 Å². The molecule has 24 heavy (non-hydrogen) atoms. The maximum Gasteiger partial charge on any atom is 0.329 e. The first-order valence-electron chi connectivity index (χ1n) is 7.57. The number of fused-ring (bicyclic) bond motifs is 1. The summed E-state index contributed by atoms with van der Waals surface area (Å²) in [5.41, 5.74) is 0. The van der Waals surface area contributed by atoms with Gasteiger partial charge in [-0.05, 0) is 19.8 Å². The lowest BCUT2D eigenvalue weighted by Crippen LogP contribution is -2.46. The highest BCUT2D eigenvalue weighted by Crippen LogP contribution is 2.36. The Kier molecular flexibility index (Phi) is 5.32. The van der Waals surface area contributed by atoms with E-state index in [1.54, 1.807) is 0 Å². The summed E-state index contributed by atoms with van der Waals surface area (Å²) in [4.78, 5) is 60.0. The zero-order valence-electron chi connectivity index (χ0n) is 13.4. The minimum absolute atomic E-state index is 0.395. The van der Waals surface area contributed by atoms with Crippen molar-refractivity contribution in [2.75, 3.05) is 13.7 Å². The fourth-order valence-electron chi connectivity index (χ4n) is 2.80. The third-order valence-electron chi connectivity index (χ3n) is 4.10. The second-order valence-corrected chi connectivity index (χ2v) is 5.61. The van der Waals surface area contributed by atoms with Crippen molar-refractivity contribution >= 4 is 29.7 Å². The van der Waals surface area contributed by atoms with Crippen LogP contribution < -0.4 is 10.6 Å². The Balaban J connectivity index is 1.93. The lowest BCUT2D eigenvalue weighted by atomic mass is 9.85. The number of imide groups is 2. The fraction of sp³-hybridized carbons (Fsp3) is 0.533. The molecule has 0 unspecified atom stereocenters. The zero-order chi connectivity index (χ0) is 17.9. The minimum Gasteiger partial charge on any atom is -0.454 e. The van der Waals surface area contributed by atoms with Crippen molar-refractivity contribution < 1.29 is 28.7 Å². The molecule has 1 fully saturated rings. The summed E-state index contributed by atoms with van der Waals surface area (Å²) < 4.78 is 4.78. The molecule has 0 aromatic rings. The molecule has 5 amide bonds. The predicted octanol–water partition coefficient (Wildman–Crippen LogP) is -0.675. The second kappa shape index (κ2) is 7.24. The maximum absolute atomic E-state index is 12.3. The van der Waals surface area contributed by atoms with Gasteiger partial charge < -0.3 is 10.1 Å². The topological polar surface area (TPSA) is 122 Å². The van der Waals surface area contributed by atoms with Crippen LogP contribution in [0.5, 0.6) is 0 Å². The summed E-state index contributed by atoms with van der Waals surface area (Å²) in [6.45, 7) is 0.695. The molecule has 0 saturated carbocycles. The highest BCUT2D eigenvalue weighted by molar-refractivity contribution is 6.08. The first-order chi connectivity index (χ1) is 11.4. The molecule has 0 bridgehead atoms. The van der Waals surface area contributed by atoms with Gasteiger partial charge in [-0.15, -0.1) is 0 Å². The predicted molar refractivity (Wildman–Crippen MR) is 80.2 cm³/mol. The van der Waals surface area contributed by atoms with Crippen LogP contribution in [-0.2, 0) is 23.9 Å². The Bertz CT molecular complexity index is 588. The average Bonchev–Trinajstić information content (AvgIpc) is 2.83. The SMILES string of the molecule is CNC(=O)NC(=O)COC(=O)[C@H](C)N1C(=O)[C@H]2CC=CC[C@H]2C1=O. The molecular weight excluding hydrogens is 318 g/mol. The fourth-order valence-corrected chi connectivity index (χ4v) is 2.80. The van der Waals surface area contributed by atoms with E-state index < -0.39 is 54.2 Å². The molecule has 0 spiro atoms. The molecule has 2 rings (SSSR count). The first kappa shape index (κ1) is 17.6. The number of hydrogen-bond acceptors (Lipinski definition) is 6. The molecule has 130 valence electrons. The van der Waals surface area contributed by atoms with Gasteiger partial charge in [-0.3, -0.25) is 24.6 Å². The van der Waals surface area contributed by atoms with Gasteiger partial charge in [0.25, 0.3) is 5.91 Å². The van der Waals surface area contributed by atoms with E-state index in [1.807, 2.05) is 17.5 Å². The molecule has 0 aromatic heterocycles. The number of rotatable bonds is 4. The summed E-state index contributed by atoms with van der Waals surface area (Å²) in [6, 6.07) is -1.85. The van der Waals surface area contributed by atoms with Gasteiger partial charge in [0.15, 0.2) is 6.61 Å². The number of carbonyl (C=O) groups excluding carboxylic acids is 5. The first-order valence-corrected chi connectivity index (χ1v) is 7.57. The number of ether oxygens (including phenoxy) is 1. The number of urea groups is 1. The number of carbonyl (C=O) groups is 5. The van der Waals surface area contributed by atoms with Gasteiger partial charge in [0.1, 0.15) is 6.04 Å². The zero-order valence-corrected chi connectivity index (χ0v) is 13.4. The Labute approximate surface area is 138 Å². The quantitative estimate of drug-likeness (QED) is 0.398. The Morgan fingerprint density at radius 1 is 1.21 bits per heavy atom. The maximum atomic E-state index is 12.3. The van der Waals surface area contributed by atoms with Gasteiger partial charge in [0.05, 0.1) is 11.8 Å². The van der Waals surface area contributed by atoms with Crippen LogP contribution in [0.25, 0.3) is 0 Å². The highest BCUT2D eigenvalue weighted by Gasteiger charge is 2.50. The van der Waals surface area contributed by atoms with Crippen LogP contribution in [-0.4, -0.2) is 54.3 Å².